The molecule has 0 bridgehead atoms. The number of hydrogen-bond donors (Lipinski definition) is 0. The molecule has 0 aliphatic rings. The molecule has 0 spiro atoms. The van der Waals surface area contributed by atoms with Crippen molar-refractivity contribution in [2.45, 2.75) is 13.3 Å². The third-order valence-electron chi connectivity index (χ3n) is 2.23. The molecule has 0 saturated carbocycles. The van der Waals surface area contributed by atoms with Crippen molar-refractivity contribution in [2.24, 2.45) is 0 Å². The second-order valence-corrected chi connectivity index (χ2v) is 4.69. The summed E-state index contributed by atoms with van der Waals surface area (Å²) in [5.41, 5.74) is 0.768. The average Bonchev–Trinajstić information content (AvgIpc) is 2.29. The zero-order valence-electron chi connectivity index (χ0n) is 9.90. The maximum atomic E-state index is 11.7. The normalized spacial score (nSPS) is 9.82. The molecule has 0 heterocycles. The average molecular weight is 293 g/mol. The molecule has 0 N–H and O–H groups in total. The van der Waals surface area contributed by atoms with Gasteiger partial charge in [-0.05, 0) is 0 Å². The molecule has 1 aromatic rings. The van der Waals surface area contributed by atoms with E-state index in [0.29, 0.717) is 6.61 Å². The van der Waals surface area contributed by atoms with Crippen LogP contribution >= 0.6 is 0 Å². The number of carbonyl (C=O) groups is 2. The standard InChI is InChI=1S/C12H14GeNO3/c1-3-17-12(16)8-11(15)14(2)10-6-4-9(13)5-7-10/h4-7H,3,8H2,1-2H3. The van der Waals surface area contributed by atoms with Crippen molar-refractivity contribution in [1.29, 1.82) is 0 Å². The first-order chi connectivity index (χ1) is 8.04. The zero-order chi connectivity index (χ0) is 12.8. The molecule has 89 valence electrons. The van der Waals surface area contributed by atoms with E-state index in [1.54, 1.807) is 14.0 Å². The van der Waals surface area contributed by atoms with Gasteiger partial charge in [-0.1, -0.05) is 0 Å². The van der Waals surface area contributed by atoms with Crippen LogP contribution in [0.15, 0.2) is 24.3 Å². The Morgan fingerprint density at radius 2 is 1.88 bits per heavy atom. The maximum absolute atomic E-state index is 11.7. The van der Waals surface area contributed by atoms with Crippen LogP contribution in [0.25, 0.3) is 0 Å². The molecular weight excluding hydrogens is 279 g/mol. The van der Waals surface area contributed by atoms with Crippen LogP contribution in [-0.4, -0.2) is 42.0 Å². The third kappa shape index (κ3) is 4.22. The summed E-state index contributed by atoms with van der Waals surface area (Å²) in [7, 11) is 1.65. The Labute approximate surface area is 109 Å². The van der Waals surface area contributed by atoms with Crippen molar-refractivity contribution in [3.05, 3.63) is 24.3 Å². The van der Waals surface area contributed by atoms with Gasteiger partial charge in [-0.25, -0.2) is 0 Å². The van der Waals surface area contributed by atoms with E-state index in [1.165, 1.54) is 4.90 Å². The number of anilines is 1. The number of ether oxygens (including phenoxy) is 1. The molecule has 4 nitrogen and oxygen atoms in total. The van der Waals surface area contributed by atoms with Gasteiger partial charge < -0.3 is 0 Å². The molecule has 0 aromatic heterocycles. The summed E-state index contributed by atoms with van der Waals surface area (Å²) in [6.45, 7) is 2.01. The first kappa shape index (κ1) is 13.8. The van der Waals surface area contributed by atoms with Crippen LogP contribution in [0.3, 0.4) is 0 Å². The van der Waals surface area contributed by atoms with Crippen molar-refractivity contribution in [3.8, 4) is 0 Å². The Kier molecular flexibility index (Phi) is 5.22. The van der Waals surface area contributed by atoms with Gasteiger partial charge in [0, 0.05) is 0 Å². The van der Waals surface area contributed by atoms with Crippen LogP contribution in [0.4, 0.5) is 5.69 Å². The molecule has 0 saturated heterocycles. The monoisotopic (exact) mass is 294 g/mol. The van der Waals surface area contributed by atoms with E-state index in [4.69, 9.17) is 4.74 Å². The number of hydrogen-bond acceptors (Lipinski definition) is 3. The fraction of sp³-hybridized carbons (Fsp3) is 0.333. The number of amides is 1. The summed E-state index contributed by atoms with van der Waals surface area (Å²) < 4.78 is 5.86. The third-order valence-corrected chi connectivity index (χ3v) is 2.93. The Bertz CT molecular complexity index is 403. The van der Waals surface area contributed by atoms with Gasteiger partial charge >= 0.3 is 109 Å². The molecule has 17 heavy (non-hydrogen) atoms. The summed E-state index contributed by atoms with van der Waals surface area (Å²) in [6.07, 6.45) is -0.224. The van der Waals surface area contributed by atoms with Gasteiger partial charge in [0.2, 0.25) is 0 Å². The minimum atomic E-state index is -0.489. The Balaban J connectivity index is 2.63. The van der Waals surface area contributed by atoms with E-state index in [1.807, 2.05) is 40.8 Å². The predicted octanol–water partition coefficient (Wildman–Crippen LogP) is 0.396. The molecule has 1 aromatic carbocycles. The number of benzene rings is 1. The van der Waals surface area contributed by atoms with Crippen molar-refractivity contribution in [2.75, 3.05) is 18.6 Å². The van der Waals surface area contributed by atoms with Crippen molar-refractivity contribution < 1.29 is 14.3 Å². The summed E-state index contributed by atoms with van der Waals surface area (Å²) in [5, 5.41) is 0. The van der Waals surface area contributed by atoms with E-state index >= 15 is 0 Å². The van der Waals surface area contributed by atoms with E-state index in [9.17, 15) is 9.59 Å². The van der Waals surface area contributed by atoms with Crippen molar-refractivity contribution >= 4 is 38.5 Å². The second-order valence-electron chi connectivity index (χ2n) is 3.48. The van der Waals surface area contributed by atoms with Crippen LogP contribution in [0.5, 0.6) is 0 Å². The Morgan fingerprint density at radius 3 is 2.41 bits per heavy atom. The molecule has 0 aliphatic carbocycles. The van der Waals surface area contributed by atoms with Crippen LogP contribution in [0, 0.1) is 0 Å². The minimum absolute atomic E-state index is 0.224. The molecule has 1 amide bonds. The van der Waals surface area contributed by atoms with Gasteiger partial charge in [-0.15, -0.1) is 0 Å². The predicted molar refractivity (Wildman–Crippen MR) is 66.5 cm³/mol. The Morgan fingerprint density at radius 1 is 1.29 bits per heavy atom. The Hall–Kier alpha value is -1.30. The fourth-order valence-electron chi connectivity index (χ4n) is 1.28. The van der Waals surface area contributed by atoms with E-state index in [-0.39, 0.29) is 12.3 Å². The van der Waals surface area contributed by atoms with E-state index in [0.717, 1.165) is 10.1 Å². The SMILES string of the molecule is CCOC(=O)CC(=O)N(C)c1cc[c]([Ge])cc1. The van der Waals surface area contributed by atoms with Gasteiger partial charge in [-0.2, -0.15) is 0 Å². The molecule has 0 fully saturated rings. The second kappa shape index (κ2) is 6.44. The molecule has 3 radical (unpaired) electrons. The summed E-state index contributed by atoms with van der Waals surface area (Å²) in [5.74, 6) is -0.760. The van der Waals surface area contributed by atoms with Gasteiger partial charge in [-0.3, -0.25) is 0 Å². The molecular formula is C12H14GeNO3. The number of rotatable bonds is 4. The van der Waals surface area contributed by atoms with Crippen LogP contribution < -0.4 is 9.30 Å². The van der Waals surface area contributed by atoms with Gasteiger partial charge in [0.15, 0.2) is 0 Å². The quantitative estimate of drug-likeness (QED) is 0.458. The fourth-order valence-corrected chi connectivity index (χ4v) is 1.63. The van der Waals surface area contributed by atoms with Crippen molar-refractivity contribution in [3.63, 3.8) is 0 Å². The van der Waals surface area contributed by atoms with Crippen LogP contribution in [0.1, 0.15) is 13.3 Å². The summed E-state index contributed by atoms with van der Waals surface area (Å²) in [4.78, 5) is 24.4. The topological polar surface area (TPSA) is 46.6 Å². The summed E-state index contributed by atoms with van der Waals surface area (Å²) >= 11 is 1.98. The molecule has 0 unspecified atom stereocenters. The van der Waals surface area contributed by atoms with Crippen molar-refractivity contribution in [1.82, 2.24) is 0 Å². The first-order valence-corrected chi connectivity index (χ1v) is 6.33. The van der Waals surface area contributed by atoms with Gasteiger partial charge in [0.05, 0.1) is 0 Å². The van der Waals surface area contributed by atoms with E-state index < -0.39 is 5.97 Å². The first-order valence-electron chi connectivity index (χ1n) is 5.28. The summed E-state index contributed by atoms with van der Waals surface area (Å²) in [6, 6.07) is 7.53. The molecule has 5 heteroatoms. The zero-order valence-corrected chi connectivity index (χ0v) is 12.0. The van der Waals surface area contributed by atoms with Gasteiger partial charge in [0.25, 0.3) is 0 Å². The number of carbonyl (C=O) groups excluding carboxylic acids is 2. The van der Waals surface area contributed by atoms with Crippen LogP contribution in [-0.2, 0) is 14.3 Å². The number of esters is 1. The molecule has 1 rings (SSSR count). The van der Waals surface area contributed by atoms with E-state index in [2.05, 4.69) is 0 Å². The van der Waals surface area contributed by atoms with Gasteiger partial charge in [0.1, 0.15) is 0 Å². The van der Waals surface area contributed by atoms with Crippen LogP contribution in [0.2, 0.25) is 0 Å². The molecule has 0 atom stereocenters. The number of nitrogens with zero attached hydrogens (tertiary/aromatic N) is 1. The molecule has 0 aliphatic heterocycles.